The van der Waals surface area contributed by atoms with Crippen molar-refractivity contribution in [3.63, 3.8) is 0 Å². The molecule has 0 spiro atoms. The third-order valence-electron chi connectivity index (χ3n) is 6.22. The van der Waals surface area contributed by atoms with Gasteiger partial charge in [-0.05, 0) is 24.1 Å². The van der Waals surface area contributed by atoms with E-state index < -0.39 is 36.6 Å². The number of nitrogens with one attached hydrogen (secondary N) is 2. The van der Waals surface area contributed by atoms with Gasteiger partial charge < -0.3 is 24.5 Å². The zero-order chi connectivity index (χ0) is 24.9. The van der Waals surface area contributed by atoms with Crippen LogP contribution in [0.5, 0.6) is 5.75 Å². The molecule has 1 saturated heterocycles. The monoisotopic (exact) mass is 485 g/mol. The van der Waals surface area contributed by atoms with Crippen molar-refractivity contribution in [1.82, 2.24) is 15.7 Å². The molecule has 2 aromatic carbocycles. The highest BCUT2D eigenvalue weighted by Gasteiger charge is 2.39. The van der Waals surface area contributed by atoms with Crippen LogP contribution in [0, 0.1) is 0 Å². The van der Waals surface area contributed by atoms with Gasteiger partial charge in [-0.15, -0.1) is 0 Å². The first kappa shape index (κ1) is 24.5. The third-order valence-corrected chi connectivity index (χ3v) is 6.22. The van der Waals surface area contributed by atoms with Crippen LogP contribution in [0.4, 0.5) is 9.18 Å². The van der Waals surface area contributed by atoms with E-state index in [1.165, 1.54) is 18.0 Å². The van der Waals surface area contributed by atoms with Crippen molar-refractivity contribution in [2.24, 2.45) is 0 Å². The fraction of sp³-hybridized carbons (Fsp3) is 0.400. The number of fused-ring (bicyclic) bond motifs is 1. The Bertz CT molecular complexity index is 1100. The lowest BCUT2D eigenvalue weighted by Crippen LogP contribution is -2.47. The van der Waals surface area contributed by atoms with Gasteiger partial charge in [0.25, 0.3) is 11.8 Å². The standard InChI is InChI=1S/C25H28FN3O6/c1-3-17-14-29(9-10-33-17)25(32)35-28-23(30)16-11-18-21(15-7-5-4-6-8-15)20(13-26)34-22(18)19(12-16)24(31)27-2/h4-8,11-12,17,20-21H,3,9-10,13-14H2,1-2H3,(H,27,31)(H,28,30). The summed E-state index contributed by atoms with van der Waals surface area (Å²) in [5, 5.41) is 2.52. The molecule has 9 nitrogen and oxygen atoms in total. The molecule has 0 radical (unpaired) electrons. The maximum atomic E-state index is 13.9. The Morgan fingerprint density at radius 3 is 2.63 bits per heavy atom. The predicted octanol–water partition coefficient (Wildman–Crippen LogP) is 2.80. The number of rotatable bonds is 5. The summed E-state index contributed by atoms with van der Waals surface area (Å²) >= 11 is 0. The van der Waals surface area contributed by atoms with E-state index in [4.69, 9.17) is 14.3 Å². The second-order valence-electron chi connectivity index (χ2n) is 8.37. The lowest BCUT2D eigenvalue weighted by molar-refractivity contribution is -0.0345. The number of amides is 3. The molecule has 2 heterocycles. The van der Waals surface area contributed by atoms with Gasteiger partial charge in [-0.3, -0.25) is 9.59 Å². The van der Waals surface area contributed by atoms with Gasteiger partial charge in [-0.1, -0.05) is 37.3 Å². The number of hydroxylamine groups is 1. The van der Waals surface area contributed by atoms with Crippen molar-refractivity contribution < 1.29 is 33.1 Å². The van der Waals surface area contributed by atoms with E-state index in [0.29, 0.717) is 25.3 Å². The lowest BCUT2D eigenvalue weighted by atomic mass is 9.86. The third kappa shape index (κ3) is 5.07. The minimum absolute atomic E-state index is 0.0765. The van der Waals surface area contributed by atoms with E-state index in [2.05, 4.69) is 10.8 Å². The van der Waals surface area contributed by atoms with Crippen LogP contribution in [0.15, 0.2) is 42.5 Å². The number of nitrogens with zero attached hydrogens (tertiary/aromatic N) is 1. The number of hydrogen-bond acceptors (Lipinski definition) is 6. The topological polar surface area (TPSA) is 106 Å². The molecule has 1 fully saturated rings. The summed E-state index contributed by atoms with van der Waals surface area (Å²) in [5.74, 6) is -1.50. The van der Waals surface area contributed by atoms with E-state index in [0.717, 1.165) is 12.0 Å². The molecule has 4 rings (SSSR count). The van der Waals surface area contributed by atoms with Gasteiger partial charge in [-0.25, -0.2) is 9.18 Å². The minimum Gasteiger partial charge on any atom is -0.486 e. The molecule has 3 unspecified atom stereocenters. The van der Waals surface area contributed by atoms with Crippen LogP contribution in [-0.4, -0.2) is 68.4 Å². The van der Waals surface area contributed by atoms with Gasteiger partial charge >= 0.3 is 6.09 Å². The summed E-state index contributed by atoms with van der Waals surface area (Å²) < 4.78 is 25.3. The molecule has 0 saturated carbocycles. The molecule has 35 heavy (non-hydrogen) atoms. The summed E-state index contributed by atoms with van der Waals surface area (Å²) in [6.45, 7) is 2.29. The van der Waals surface area contributed by atoms with Gasteiger partial charge in [0.15, 0.2) is 0 Å². The van der Waals surface area contributed by atoms with Crippen molar-refractivity contribution in [3.8, 4) is 5.75 Å². The van der Waals surface area contributed by atoms with Crippen LogP contribution in [0.1, 0.15) is 51.1 Å². The average Bonchev–Trinajstić information content (AvgIpc) is 3.29. The Balaban J connectivity index is 1.59. The molecule has 0 aliphatic carbocycles. The van der Waals surface area contributed by atoms with Gasteiger partial charge in [-0.2, -0.15) is 5.48 Å². The number of ether oxygens (including phenoxy) is 2. The minimum atomic E-state index is -0.847. The van der Waals surface area contributed by atoms with Gasteiger partial charge in [0.05, 0.1) is 30.7 Å². The van der Waals surface area contributed by atoms with E-state index in [9.17, 15) is 18.8 Å². The van der Waals surface area contributed by atoms with Gasteiger partial charge in [0.2, 0.25) is 0 Å². The van der Waals surface area contributed by atoms with E-state index >= 15 is 0 Å². The summed E-state index contributed by atoms with van der Waals surface area (Å²) in [7, 11) is 1.45. The summed E-state index contributed by atoms with van der Waals surface area (Å²) in [4.78, 5) is 44.5. The van der Waals surface area contributed by atoms with Crippen LogP contribution in [0.25, 0.3) is 0 Å². The Labute approximate surface area is 202 Å². The predicted molar refractivity (Wildman–Crippen MR) is 124 cm³/mol. The summed E-state index contributed by atoms with van der Waals surface area (Å²) in [6, 6.07) is 12.1. The Morgan fingerprint density at radius 1 is 1.17 bits per heavy atom. The number of morpholine rings is 1. The SMILES string of the molecule is CCC1CN(C(=O)ONC(=O)c2cc(C(=O)NC)c3c(c2)C(c2ccccc2)C(CF)O3)CCO1. The molecule has 10 heteroatoms. The molecule has 2 aliphatic rings. The van der Waals surface area contributed by atoms with Gasteiger partial charge in [0.1, 0.15) is 18.5 Å². The normalized spacial score (nSPS) is 21.0. The lowest BCUT2D eigenvalue weighted by Gasteiger charge is -2.31. The fourth-order valence-electron chi connectivity index (χ4n) is 4.39. The van der Waals surface area contributed by atoms with Crippen LogP contribution in [0.2, 0.25) is 0 Å². The molecule has 0 aromatic heterocycles. The number of alkyl halides is 1. The Morgan fingerprint density at radius 2 is 1.94 bits per heavy atom. The van der Waals surface area contributed by atoms with Crippen molar-refractivity contribution in [3.05, 3.63) is 64.7 Å². The van der Waals surface area contributed by atoms with Crippen LogP contribution < -0.4 is 15.5 Å². The number of hydrogen-bond donors (Lipinski definition) is 2. The second-order valence-corrected chi connectivity index (χ2v) is 8.37. The van der Waals surface area contributed by atoms with Crippen molar-refractivity contribution in [1.29, 1.82) is 0 Å². The van der Waals surface area contributed by atoms with Crippen molar-refractivity contribution in [2.45, 2.75) is 31.5 Å². The highest BCUT2D eigenvalue weighted by molar-refractivity contribution is 6.02. The molecule has 3 amide bonds. The smallest absolute Gasteiger partial charge is 0.434 e. The van der Waals surface area contributed by atoms with Crippen LogP contribution in [-0.2, 0) is 9.57 Å². The zero-order valence-corrected chi connectivity index (χ0v) is 19.6. The molecule has 0 bridgehead atoms. The molecular weight excluding hydrogens is 457 g/mol. The number of carbonyl (C=O) groups excluding carboxylic acids is 3. The maximum Gasteiger partial charge on any atom is 0.434 e. The molecule has 2 N–H and O–H groups in total. The quantitative estimate of drug-likeness (QED) is 0.631. The number of benzene rings is 2. The maximum absolute atomic E-state index is 13.9. The zero-order valence-electron chi connectivity index (χ0n) is 19.6. The first-order chi connectivity index (χ1) is 17.0. The largest absolute Gasteiger partial charge is 0.486 e. The van der Waals surface area contributed by atoms with E-state index in [1.807, 2.05) is 37.3 Å². The molecule has 2 aliphatic heterocycles. The first-order valence-corrected chi connectivity index (χ1v) is 11.5. The number of carbonyl (C=O) groups is 3. The highest BCUT2D eigenvalue weighted by atomic mass is 19.1. The Hall–Kier alpha value is -3.66. The van der Waals surface area contributed by atoms with Crippen LogP contribution in [0.3, 0.4) is 0 Å². The van der Waals surface area contributed by atoms with E-state index in [1.54, 1.807) is 6.07 Å². The van der Waals surface area contributed by atoms with Crippen molar-refractivity contribution in [2.75, 3.05) is 33.4 Å². The molecular formula is C25H28FN3O6. The molecule has 186 valence electrons. The molecule has 2 aromatic rings. The first-order valence-electron chi connectivity index (χ1n) is 11.5. The van der Waals surface area contributed by atoms with Gasteiger partial charge in [0, 0.05) is 24.7 Å². The second kappa shape index (κ2) is 10.7. The average molecular weight is 486 g/mol. The molecule has 3 atom stereocenters. The number of halogens is 1. The summed E-state index contributed by atoms with van der Waals surface area (Å²) in [5.41, 5.74) is 3.64. The Kier molecular flexibility index (Phi) is 7.50. The fourth-order valence-corrected chi connectivity index (χ4v) is 4.39. The highest BCUT2D eigenvalue weighted by Crippen LogP contribution is 2.45. The summed E-state index contributed by atoms with van der Waals surface area (Å²) in [6.07, 6.45) is -0.884. The van der Waals surface area contributed by atoms with E-state index in [-0.39, 0.29) is 23.0 Å². The van der Waals surface area contributed by atoms with Crippen LogP contribution >= 0.6 is 0 Å². The van der Waals surface area contributed by atoms with Crippen molar-refractivity contribution >= 4 is 17.9 Å².